The Kier molecular flexibility index (Phi) is 4.34. The van der Waals surface area contributed by atoms with Crippen LogP contribution in [-0.2, 0) is 6.42 Å². The van der Waals surface area contributed by atoms with Gasteiger partial charge in [-0.25, -0.2) is 5.43 Å². The van der Waals surface area contributed by atoms with Crippen molar-refractivity contribution in [1.29, 1.82) is 5.26 Å². The number of halogens is 1. The first-order valence-electron chi connectivity index (χ1n) is 4.90. The van der Waals surface area contributed by atoms with Gasteiger partial charge in [0.1, 0.15) is 5.54 Å². The summed E-state index contributed by atoms with van der Waals surface area (Å²) in [5, 5.41) is 18.6. The summed E-state index contributed by atoms with van der Waals surface area (Å²) >= 11 is 3.33. The molecule has 1 aromatic rings. The third-order valence-electron chi connectivity index (χ3n) is 2.46. The molecule has 17 heavy (non-hydrogen) atoms. The summed E-state index contributed by atoms with van der Waals surface area (Å²) in [6.07, 6.45) is 0.386. The molecule has 0 spiro atoms. The Morgan fingerprint density at radius 1 is 1.65 bits per heavy atom. The lowest BCUT2D eigenvalue weighted by molar-refractivity contribution is 0.371. The highest BCUT2D eigenvalue weighted by molar-refractivity contribution is 9.10. The fourth-order valence-corrected chi connectivity index (χ4v) is 1.86. The van der Waals surface area contributed by atoms with Gasteiger partial charge in [-0.2, -0.15) is 5.26 Å². The van der Waals surface area contributed by atoms with Gasteiger partial charge in [0, 0.05) is 10.9 Å². The molecule has 0 aliphatic heterocycles. The molecule has 0 amide bonds. The number of nitrogens with one attached hydrogen (secondary N) is 1. The fraction of sp³-hybridized carbons (Fsp3) is 0.364. The van der Waals surface area contributed by atoms with Crippen LogP contribution in [0.1, 0.15) is 12.5 Å². The van der Waals surface area contributed by atoms with Crippen molar-refractivity contribution in [2.75, 3.05) is 7.11 Å². The van der Waals surface area contributed by atoms with Crippen LogP contribution in [0.15, 0.2) is 16.6 Å². The second-order valence-electron chi connectivity index (χ2n) is 3.88. The average Bonchev–Trinajstić information content (AvgIpc) is 2.32. The maximum Gasteiger partial charge on any atom is 0.160 e. The molecule has 5 nitrogen and oxygen atoms in total. The minimum Gasteiger partial charge on any atom is -0.504 e. The number of methoxy groups -OCH3 is 1. The first-order chi connectivity index (χ1) is 7.95. The van der Waals surface area contributed by atoms with Crippen LogP contribution >= 0.6 is 15.9 Å². The zero-order valence-corrected chi connectivity index (χ0v) is 11.2. The van der Waals surface area contributed by atoms with Crippen molar-refractivity contribution in [2.24, 2.45) is 5.84 Å². The largest absolute Gasteiger partial charge is 0.504 e. The predicted molar refractivity (Wildman–Crippen MR) is 67.4 cm³/mol. The lowest BCUT2D eigenvalue weighted by atomic mass is 9.95. The summed E-state index contributed by atoms with van der Waals surface area (Å²) in [6.45, 7) is 1.69. The summed E-state index contributed by atoms with van der Waals surface area (Å²) < 4.78 is 5.72. The molecule has 0 saturated carbocycles. The fourth-order valence-electron chi connectivity index (χ4n) is 1.39. The molecule has 0 heterocycles. The molecule has 0 bridgehead atoms. The van der Waals surface area contributed by atoms with E-state index in [2.05, 4.69) is 27.4 Å². The first kappa shape index (κ1) is 13.8. The molecule has 0 fully saturated rings. The zero-order valence-electron chi connectivity index (χ0n) is 9.62. The highest BCUT2D eigenvalue weighted by atomic mass is 79.9. The molecular formula is C11H14BrN3O2. The van der Waals surface area contributed by atoms with Crippen LogP contribution in [-0.4, -0.2) is 17.8 Å². The van der Waals surface area contributed by atoms with E-state index in [1.807, 2.05) is 0 Å². The van der Waals surface area contributed by atoms with Crippen LogP contribution in [0.5, 0.6) is 11.5 Å². The number of phenolic OH excluding ortho intramolecular Hbond substituents is 1. The first-order valence-corrected chi connectivity index (χ1v) is 5.69. The van der Waals surface area contributed by atoms with E-state index < -0.39 is 5.54 Å². The average molecular weight is 300 g/mol. The molecule has 1 unspecified atom stereocenters. The van der Waals surface area contributed by atoms with E-state index in [1.165, 1.54) is 13.2 Å². The monoisotopic (exact) mass is 299 g/mol. The van der Waals surface area contributed by atoms with Gasteiger partial charge in [-0.3, -0.25) is 5.84 Å². The Morgan fingerprint density at radius 3 is 2.76 bits per heavy atom. The van der Waals surface area contributed by atoms with Crippen LogP contribution in [0.25, 0.3) is 0 Å². The second-order valence-corrected chi connectivity index (χ2v) is 4.73. The molecule has 0 aliphatic carbocycles. The van der Waals surface area contributed by atoms with Crippen LogP contribution in [0, 0.1) is 11.3 Å². The van der Waals surface area contributed by atoms with Gasteiger partial charge >= 0.3 is 0 Å². The molecule has 1 aromatic carbocycles. The summed E-state index contributed by atoms with van der Waals surface area (Å²) in [4.78, 5) is 0. The third kappa shape index (κ3) is 3.09. The van der Waals surface area contributed by atoms with Crippen molar-refractivity contribution in [3.8, 4) is 17.6 Å². The Morgan fingerprint density at radius 2 is 2.29 bits per heavy atom. The van der Waals surface area contributed by atoms with Gasteiger partial charge in [0.15, 0.2) is 11.5 Å². The maximum absolute atomic E-state index is 9.57. The number of nitrogens with zero attached hydrogens (tertiary/aromatic N) is 1. The molecule has 0 saturated heterocycles. The third-order valence-corrected chi connectivity index (χ3v) is 3.20. The van der Waals surface area contributed by atoms with Crippen molar-refractivity contribution in [3.05, 3.63) is 22.2 Å². The van der Waals surface area contributed by atoms with Crippen LogP contribution in [0.3, 0.4) is 0 Å². The van der Waals surface area contributed by atoms with E-state index in [-0.39, 0.29) is 5.75 Å². The zero-order chi connectivity index (χ0) is 13.1. The van der Waals surface area contributed by atoms with E-state index in [0.717, 1.165) is 5.56 Å². The molecule has 0 aliphatic rings. The maximum atomic E-state index is 9.57. The Labute approximate surface area is 108 Å². The molecule has 1 rings (SSSR count). The Hall–Kier alpha value is -1.29. The quantitative estimate of drug-likeness (QED) is 0.578. The summed E-state index contributed by atoms with van der Waals surface area (Å²) in [6, 6.07) is 5.30. The van der Waals surface area contributed by atoms with Gasteiger partial charge in [0.25, 0.3) is 0 Å². The second kappa shape index (κ2) is 5.36. The number of nitriles is 1. The smallest absolute Gasteiger partial charge is 0.160 e. The molecule has 92 valence electrons. The topological polar surface area (TPSA) is 91.3 Å². The number of phenols is 1. The van der Waals surface area contributed by atoms with Gasteiger partial charge in [-0.15, -0.1) is 0 Å². The molecule has 0 radical (unpaired) electrons. The van der Waals surface area contributed by atoms with E-state index in [9.17, 15) is 5.11 Å². The number of hydrogen-bond acceptors (Lipinski definition) is 5. The minimum atomic E-state index is -0.871. The van der Waals surface area contributed by atoms with E-state index >= 15 is 0 Å². The van der Waals surface area contributed by atoms with Crippen LogP contribution < -0.4 is 16.0 Å². The van der Waals surface area contributed by atoms with Crippen LogP contribution in [0.4, 0.5) is 0 Å². The summed E-state index contributed by atoms with van der Waals surface area (Å²) in [5.41, 5.74) is 2.42. The van der Waals surface area contributed by atoms with Crippen molar-refractivity contribution in [3.63, 3.8) is 0 Å². The predicted octanol–water partition coefficient (Wildman–Crippen LogP) is 1.45. The SMILES string of the molecule is COc1cc(CC(C)(C#N)NN)c(Br)cc1O. The molecule has 1 atom stereocenters. The Bertz CT molecular complexity index is 459. The Balaban J connectivity index is 3.11. The normalized spacial score (nSPS) is 13.8. The van der Waals surface area contributed by atoms with Crippen molar-refractivity contribution >= 4 is 15.9 Å². The lowest BCUT2D eigenvalue weighted by Gasteiger charge is -2.21. The number of nitrogens with two attached hydrogens (primary N) is 1. The van der Waals surface area contributed by atoms with E-state index in [1.54, 1.807) is 13.0 Å². The van der Waals surface area contributed by atoms with Gasteiger partial charge in [-0.05, 0) is 24.6 Å². The number of hydrazine groups is 1. The molecule has 0 aromatic heterocycles. The van der Waals surface area contributed by atoms with Gasteiger partial charge in [-0.1, -0.05) is 15.9 Å². The lowest BCUT2D eigenvalue weighted by Crippen LogP contribution is -2.47. The number of benzene rings is 1. The standard InChI is InChI=1S/C11H14BrN3O2/c1-11(6-13,15-14)5-7-3-10(17-2)9(16)4-8(7)12/h3-4,15-16H,5,14H2,1-2H3. The number of rotatable bonds is 4. The van der Waals surface area contributed by atoms with Crippen LogP contribution in [0.2, 0.25) is 0 Å². The van der Waals surface area contributed by atoms with Gasteiger partial charge < -0.3 is 9.84 Å². The highest BCUT2D eigenvalue weighted by Crippen LogP contribution is 2.33. The molecule has 4 N–H and O–H groups in total. The summed E-state index contributed by atoms with van der Waals surface area (Å²) in [5.74, 6) is 5.75. The van der Waals surface area contributed by atoms with E-state index in [4.69, 9.17) is 15.8 Å². The van der Waals surface area contributed by atoms with Gasteiger partial charge in [0.05, 0.1) is 13.2 Å². The van der Waals surface area contributed by atoms with E-state index in [0.29, 0.717) is 16.6 Å². The van der Waals surface area contributed by atoms with Crippen molar-refractivity contribution < 1.29 is 9.84 Å². The molecule has 6 heteroatoms. The number of hydrogen-bond donors (Lipinski definition) is 3. The molecular weight excluding hydrogens is 286 g/mol. The number of aromatic hydroxyl groups is 1. The minimum absolute atomic E-state index is 0.0440. The number of ether oxygens (including phenoxy) is 1. The highest BCUT2D eigenvalue weighted by Gasteiger charge is 2.24. The van der Waals surface area contributed by atoms with Crippen molar-refractivity contribution in [2.45, 2.75) is 18.9 Å². The summed E-state index contributed by atoms with van der Waals surface area (Å²) in [7, 11) is 1.47. The van der Waals surface area contributed by atoms with Crippen molar-refractivity contribution in [1.82, 2.24) is 5.43 Å². The van der Waals surface area contributed by atoms with Gasteiger partial charge in [0.2, 0.25) is 0 Å².